The van der Waals surface area contributed by atoms with Gasteiger partial charge in [0.1, 0.15) is 11.6 Å². The first-order chi connectivity index (χ1) is 14.3. The number of aromatic nitrogens is 2. The Labute approximate surface area is 179 Å². The minimum Gasteiger partial charge on any atom is -0.493 e. The van der Waals surface area contributed by atoms with Gasteiger partial charge in [0.05, 0.1) is 23.2 Å². The third-order valence-corrected chi connectivity index (χ3v) is 5.64. The van der Waals surface area contributed by atoms with Crippen molar-refractivity contribution in [2.75, 3.05) is 6.61 Å². The van der Waals surface area contributed by atoms with E-state index in [4.69, 9.17) is 16.3 Å². The molecule has 2 atom stereocenters. The van der Waals surface area contributed by atoms with Gasteiger partial charge in [-0.05, 0) is 55.2 Å². The summed E-state index contributed by atoms with van der Waals surface area (Å²) in [5, 5.41) is 0.666. The largest absolute Gasteiger partial charge is 0.493 e. The maximum absolute atomic E-state index is 12.8. The van der Waals surface area contributed by atoms with E-state index in [0.717, 1.165) is 54.7 Å². The summed E-state index contributed by atoms with van der Waals surface area (Å²) < 4.78 is 44.2. The Balaban J connectivity index is 1.49. The second-order valence-electron chi connectivity index (χ2n) is 7.73. The van der Waals surface area contributed by atoms with Crippen molar-refractivity contribution < 1.29 is 17.9 Å². The topological polar surface area (TPSA) is 37.9 Å². The first-order valence-electron chi connectivity index (χ1n) is 10.2. The molecular weight excluding hydrogens is 413 g/mol. The van der Waals surface area contributed by atoms with Crippen LogP contribution in [-0.4, -0.2) is 16.6 Å². The van der Waals surface area contributed by atoms with Crippen molar-refractivity contribution in [2.24, 2.45) is 5.92 Å². The molecule has 30 heavy (non-hydrogen) atoms. The highest BCUT2D eigenvalue weighted by molar-refractivity contribution is 6.31. The minimum atomic E-state index is -4.36. The monoisotopic (exact) mass is 438 g/mol. The molecule has 162 valence electrons. The maximum Gasteiger partial charge on any atom is 0.416 e. The molecule has 0 bridgehead atoms. The molecule has 0 aliphatic carbocycles. The summed E-state index contributed by atoms with van der Waals surface area (Å²) >= 11 is 6.03. The molecule has 0 spiro atoms. The molecule has 1 aromatic heterocycles. The summed E-state index contributed by atoms with van der Waals surface area (Å²) in [6.45, 7) is 4.63. The van der Waals surface area contributed by atoms with Crippen molar-refractivity contribution in [3.63, 3.8) is 0 Å². The van der Waals surface area contributed by atoms with Crippen LogP contribution >= 0.6 is 11.6 Å². The molecule has 0 radical (unpaired) electrons. The number of hydrogen-bond acceptors (Lipinski definition) is 2. The van der Waals surface area contributed by atoms with Gasteiger partial charge < -0.3 is 9.72 Å². The first kappa shape index (κ1) is 22.5. The number of aromatic amines is 1. The lowest BCUT2D eigenvalue weighted by atomic mass is 9.96. The molecule has 1 heterocycles. The number of ether oxygens (including phenoxy) is 1. The van der Waals surface area contributed by atoms with Crippen LogP contribution in [0.4, 0.5) is 13.2 Å². The van der Waals surface area contributed by atoms with Gasteiger partial charge in [0, 0.05) is 10.9 Å². The Hall–Kier alpha value is -2.21. The number of hydrogen-bond donors (Lipinski definition) is 1. The number of halogens is 4. The molecule has 1 unspecified atom stereocenters. The summed E-state index contributed by atoms with van der Waals surface area (Å²) in [6, 6.07) is 10.7. The SMILES string of the molecule is CCC(CCC[C@H](C)c1nc2cc(Cl)ccc2[nH]1)COc1cccc(C(F)(F)F)c1. The zero-order valence-corrected chi connectivity index (χ0v) is 17.9. The van der Waals surface area contributed by atoms with Gasteiger partial charge in [0.15, 0.2) is 0 Å². The van der Waals surface area contributed by atoms with Crippen molar-refractivity contribution in [2.45, 2.75) is 51.6 Å². The van der Waals surface area contributed by atoms with Crippen LogP contribution in [0, 0.1) is 5.92 Å². The predicted octanol–water partition coefficient (Wildman–Crippen LogP) is 7.61. The summed E-state index contributed by atoms with van der Waals surface area (Å²) in [5.74, 6) is 1.78. The van der Waals surface area contributed by atoms with E-state index in [1.165, 1.54) is 6.07 Å². The van der Waals surface area contributed by atoms with E-state index in [2.05, 4.69) is 23.8 Å². The fraction of sp³-hybridized carbons (Fsp3) is 0.435. The van der Waals surface area contributed by atoms with Gasteiger partial charge in [-0.3, -0.25) is 0 Å². The number of nitrogens with zero attached hydrogens (tertiary/aromatic N) is 1. The Morgan fingerprint density at radius 2 is 1.93 bits per heavy atom. The summed E-state index contributed by atoms with van der Waals surface area (Å²) in [7, 11) is 0. The van der Waals surface area contributed by atoms with Crippen LogP contribution in [0.25, 0.3) is 11.0 Å². The van der Waals surface area contributed by atoms with Gasteiger partial charge in [0.25, 0.3) is 0 Å². The number of imidazole rings is 1. The summed E-state index contributed by atoms with van der Waals surface area (Å²) in [4.78, 5) is 7.99. The third-order valence-electron chi connectivity index (χ3n) is 5.40. The van der Waals surface area contributed by atoms with E-state index in [-0.39, 0.29) is 11.7 Å². The number of alkyl halides is 3. The van der Waals surface area contributed by atoms with Crippen LogP contribution in [0.3, 0.4) is 0 Å². The van der Waals surface area contributed by atoms with Crippen LogP contribution in [0.1, 0.15) is 56.8 Å². The molecule has 0 saturated carbocycles. The molecule has 0 aliphatic heterocycles. The van der Waals surface area contributed by atoms with Gasteiger partial charge in [0.2, 0.25) is 0 Å². The highest BCUT2D eigenvalue weighted by Crippen LogP contribution is 2.31. The quantitative estimate of drug-likeness (QED) is 0.373. The normalized spacial score (nSPS) is 14.1. The Kier molecular flexibility index (Phi) is 7.29. The molecule has 3 aromatic rings. The van der Waals surface area contributed by atoms with Crippen molar-refractivity contribution in [3.05, 3.63) is 58.9 Å². The number of rotatable bonds is 9. The van der Waals surface area contributed by atoms with Gasteiger partial charge >= 0.3 is 6.18 Å². The van der Waals surface area contributed by atoms with Crippen LogP contribution in [0.15, 0.2) is 42.5 Å². The average molecular weight is 439 g/mol. The molecular formula is C23H26ClF3N2O. The van der Waals surface area contributed by atoms with Crippen molar-refractivity contribution in [1.82, 2.24) is 9.97 Å². The lowest BCUT2D eigenvalue weighted by Crippen LogP contribution is -2.12. The Bertz CT molecular complexity index is 970. The molecule has 0 amide bonds. The standard InChI is InChI=1S/C23H26ClF3N2O/c1-3-16(14-30-19-9-5-8-17(12-19)23(25,26)27)7-4-6-15(2)22-28-20-11-10-18(24)13-21(20)29-22/h5,8-13,15-16H,3-4,6-7,14H2,1-2H3,(H,28,29)/t15-,16?/m0/s1. The molecule has 7 heteroatoms. The smallest absolute Gasteiger partial charge is 0.416 e. The number of nitrogens with one attached hydrogen (secondary N) is 1. The Morgan fingerprint density at radius 1 is 1.13 bits per heavy atom. The van der Waals surface area contributed by atoms with E-state index in [1.54, 1.807) is 6.07 Å². The molecule has 3 nitrogen and oxygen atoms in total. The zero-order chi connectivity index (χ0) is 21.7. The van der Waals surface area contributed by atoms with Crippen molar-refractivity contribution in [3.8, 4) is 5.75 Å². The van der Waals surface area contributed by atoms with Crippen LogP contribution in [0.5, 0.6) is 5.75 Å². The fourth-order valence-electron chi connectivity index (χ4n) is 3.46. The third kappa shape index (κ3) is 5.91. The summed E-state index contributed by atoms with van der Waals surface area (Å²) in [6.07, 6.45) is -0.541. The maximum atomic E-state index is 12.8. The van der Waals surface area contributed by atoms with E-state index in [9.17, 15) is 13.2 Å². The van der Waals surface area contributed by atoms with Gasteiger partial charge in [-0.25, -0.2) is 4.98 Å². The highest BCUT2D eigenvalue weighted by atomic mass is 35.5. The molecule has 2 aromatic carbocycles. The lowest BCUT2D eigenvalue weighted by molar-refractivity contribution is -0.137. The molecule has 0 saturated heterocycles. The van der Waals surface area contributed by atoms with Crippen LogP contribution in [-0.2, 0) is 6.18 Å². The van der Waals surface area contributed by atoms with E-state index in [0.29, 0.717) is 17.5 Å². The Morgan fingerprint density at radius 3 is 2.67 bits per heavy atom. The van der Waals surface area contributed by atoms with E-state index < -0.39 is 11.7 Å². The van der Waals surface area contributed by atoms with Gasteiger partial charge in [-0.2, -0.15) is 13.2 Å². The lowest BCUT2D eigenvalue weighted by Gasteiger charge is -2.17. The van der Waals surface area contributed by atoms with Crippen LogP contribution < -0.4 is 4.74 Å². The molecule has 0 fully saturated rings. The van der Waals surface area contributed by atoms with Crippen molar-refractivity contribution >= 4 is 22.6 Å². The van der Waals surface area contributed by atoms with E-state index in [1.807, 2.05) is 18.2 Å². The number of benzene rings is 2. The van der Waals surface area contributed by atoms with Crippen molar-refractivity contribution in [1.29, 1.82) is 0 Å². The zero-order valence-electron chi connectivity index (χ0n) is 17.1. The average Bonchev–Trinajstić information content (AvgIpc) is 3.13. The molecule has 0 aliphatic rings. The van der Waals surface area contributed by atoms with Crippen LogP contribution in [0.2, 0.25) is 5.02 Å². The summed E-state index contributed by atoms with van der Waals surface area (Å²) in [5.41, 5.74) is 1.15. The minimum absolute atomic E-state index is 0.262. The van der Waals surface area contributed by atoms with Gasteiger partial charge in [-0.15, -0.1) is 0 Å². The highest BCUT2D eigenvalue weighted by Gasteiger charge is 2.30. The predicted molar refractivity (Wildman–Crippen MR) is 114 cm³/mol. The number of fused-ring (bicyclic) bond motifs is 1. The second kappa shape index (κ2) is 9.73. The fourth-order valence-corrected chi connectivity index (χ4v) is 3.63. The molecule has 3 rings (SSSR count). The first-order valence-corrected chi connectivity index (χ1v) is 10.6. The van der Waals surface area contributed by atoms with E-state index >= 15 is 0 Å². The van der Waals surface area contributed by atoms with Gasteiger partial charge in [-0.1, -0.05) is 44.4 Å². The molecule has 1 N–H and O–H groups in total. The number of H-pyrrole nitrogens is 1. The second-order valence-corrected chi connectivity index (χ2v) is 8.16.